The number of aromatic hydroxyl groups is 1. The first kappa shape index (κ1) is 24.8. The number of nitrogens with one attached hydrogen (secondary N) is 2. The standard InChI is InChI=1S/C27H19Cl2N5O2S/c28-19-8-5-18(6-9-19)26-32-33-27(34(26)21-12-10-20(29)11-13-21)37-16-25(36)31-30-15-23-22-4-2-1-3-17(22)7-14-24(23)35/h1-15H,16H2,(H2,30,31,35,36)/p+1. The van der Waals surface area contributed by atoms with Crippen LogP contribution < -0.4 is 9.99 Å². The lowest BCUT2D eigenvalue weighted by Gasteiger charge is -2.05. The lowest BCUT2D eigenvalue weighted by molar-refractivity contribution is -0.625. The molecule has 0 saturated heterocycles. The fraction of sp³-hybridized carbons (Fsp3) is 0.0370. The van der Waals surface area contributed by atoms with Gasteiger partial charge < -0.3 is 5.11 Å². The number of H-pyrrole nitrogens is 1. The van der Waals surface area contributed by atoms with Gasteiger partial charge in [-0.2, -0.15) is 9.67 Å². The molecule has 0 aliphatic heterocycles. The number of halogens is 2. The van der Waals surface area contributed by atoms with Crippen molar-refractivity contribution in [1.82, 2.24) is 15.6 Å². The van der Waals surface area contributed by atoms with Gasteiger partial charge in [-0.25, -0.2) is 5.43 Å². The Labute approximate surface area is 226 Å². The number of aromatic nitrogens is 3. The second-order valence-electron chi connectivity index (χ2n) is 7.97. The van der Waals surface area contributed by atoms with Crippen LogP contribution in [0.5, 0.6) is 5.75 Å². The first-order chi connectivity index (χ1) is 18.0. The number of benzene rings is 4. The number of carbonyl (C=O) groups is 1. The van der Waals surface area contributed by atoms with Crippen LogP contribution >= 0.6 is 35.0 Å². The summed E-state index contributed by atoms with van der Waals surface area (Å²) in [6.45, 7) is 0. The molecule has 0 radical (unpaired) electrons. The molecule has 0 saturated carbocycles. The molecule has 0 spiro atoms. The number of aromatic amines is 1. The molecule has 1 heterocycles. The molecule has 0 aliphatic rings. The summed E-state index contributed by atoms with van der Waals surface area (Å²) in [5.74, 6) is 0.560. The maximum Gasteiger partial charge on any atom is 0.342 e. The Morgan fingerprint density at radius 3 is 2.46 bits per heavy atom. The van der Waals surface area contributed by atoms with Crippen molar-refractivity contribution in [3.63, 3.8) is 0 Å². The van der Waals surface area contributed by atoms with E-state index in [1.165, 1.54) is 18.0 Å². The summed E-state index contributed by atoms with van der Waals surface area (Å²) in [6, 6.07) is 25.8. The zero-order valence-corrected chi connectivity index (χ0v) is 21.6. The van der Waals surface area contributed by atoms with Crippen LogP contribution in [0.15, 0.2) is 95.2 Å². The van der Waals surface area contributed by atoms with E-state index in [4.69, 9.17) is 23.2 Å². The summed E-state index contributed by atoms with van der Waals surface area (Å²) in [5, 5.41) is 25.4. The van der Waals surface area contributed by atoms with Crippen molar-refractivity contribution < 1.29 is 14.5 Å². The van der Waals surface area contributed by atoms with Gasteiger partial charge in [0.05, 0.1) is 22.6 Å². The Hall–Kier alpha value is -3.85. The normalized spacial score (nSPS) is 11.3. The van der Waals surface area contributed by atoms with Crippen LogP contribution in [0.1, 0.15) is 5.56 Å². The highest BCUT2D eigenvalue weighted by molar-refractivity contribution is 7.99. The number of thioether (sulfide) groups is 1. The minimum absolute atomic E-state index is 0.0668. The highest BCUT2D eigenvalue weighted by Gasteiger charge is 2.24. The van der Waals surface area contributed by atoms with Gasteiger partial charge in [0.15, 0.2) is 0 Å². The van der Waals surface area contributed by atoms with E-state index in [-0.39, 0.29) is 17.4 Å². The Morgan fingerprint density at radius 1 is 1.00 bits per heavy atom. The first-order valence-electron chi connectivity index (χ1n) is 11.2. The molecule has 184 valence electrons. The summed E-state index contributed by atoms with van der Waals surface area (Å²) < 4.78 is 1.91. The van der Waals surface area contributed by atoms with Crippen molar-refractivity contribution in [2.45, 2.75) is 5.16 Å². The summed E-state index contributed by atoms with van der Waals surface area (Å²) in [4.78, 5) is 12.6. The number of phenols is 1. The third kappa shape index (κ3) is 5.61. The maximum absolute atomic E-state index is 12.6. The SMILES string of the molecule is O=C(CSc1n[nH]c(-c2ccc(Cl)cc2)[n+]1-c1ccc(Cl)cc1)N/N=C/c1c(O)ccc2ccccc12. The predicted molar refractivity (Wildman–Crippen MR) is 148 cm³/mol. The van der Waals surface area contributed by atoms with Gasteiger partial charge in [0.2, 0.25) is 0 Å². The molecule has 37 heavy (non-hydrogen) atoms. The quantitative estimate of drug-likeness (QED) is 0.104. The van der Waals surface area contributed by atoms with E-state index < -0.39 is 0 Å². The van der Waals surface area contributed by atoms with Gasteiger partial charge in [0.25, 0.3) is 11.7 Å². The van der Waals surface area contributed by atoms with Crippen molar-refractivity contribution in [2.75, 3.05) is 5.75 Å². The fourth-order valence-electron chi connectivity index (χ4n) is 3.78. The molecule has 0 fully saturated rings. The number of phenolic OH excluding ortho intramolecular Hbond substituents is 1. The zero-order valence-electron chi connectivity index (χ0n) is 19.2. The summed E-state index contributed by atoms with van der Waals surface area (Å²) in [7, 11) is 0. The van der Waals surface area contributed by atoms with Crippen molar-refractivity contribution in [3.05, 3.63) is 101 Å². The monoisotopic (exact) mass is 548 g/mol. The van der Waals surface area contributed by atoms with Gasteiger partial charge in [0.1, 0.15) is 11.4 Å². The van der Waals surface area contributed by atoms with Crippen molar-refractivity contribution in [3.8, 4) is 22.8 Å². The summed E-state index contributed by atoms with van der Waals surface area (Å²) in [5.41, 5.74) is 4.76. The largest absolute Gasteiger partial charge is 0.507 e. The van der Waals surface area contributed by atoms with E-state index in [9.17, 15) is 9.90 Å². The van der Waals surface area contributed by atoms with Crippen LogP contribution in [-0.4, -0.2) is 33.2 Å². The number of amides is 1. The average Bonchev–Trinajstić information content (AvgIpc) is 3.33. The van der Waals surface area contributed by atoms with E-state index in [1.807, 2.05) is 59.2 Å². The lowest BCUT2D eigenvalue weighted by atomic mass is 10.0. The van der Waals surface area contributed by atoms with Gasteiger partial charge in [-0.05, 0) is 77.1 Å². The van der Waals surface area contributed by atoms with Crippen LogP contribution in [0.2, 0.25) is 10.0 Å². The number of carbonyl (C=O) groups excluding carboxylic acids is 1. The van der Waals surface area contributed by atoms with E-state index in [0.717, 1.165) is 27.8 Å². The highest BCUT2D eigenvalue weighted by Crippen LogP contribution is 2.26. The molecule has 0 atom stereocenters. The van der Waals surface area contributed by atoms with Crippen molar-refractivity contribution >= 4 is 57.9 Å². The molecule has 4 aromatic carbocycles. The minimum Gasteiger partial charge on any atom is -0.507 e. The van der Waals surface area contributed by atoms with Crippen LogP contribution in [0.3, 0.4) is 0 Å². The third-order valence-electron chi connectivity index (χ3n) is 5.54. The number of nitrogens with zero attached hydrogens (tertiary/aromatic N) is 3. The first-order valence-corrected chi connectivity index (χ1v) is 12.9. The molecule has 3 N–H and O–H groups in total. The number of rotatable bonds is 7. The van der Waals surface area contributed by atoms with E-state index >= 15 is 0 Å². The van der Waals surface area contributed by atoms with Gasteiger partial charge in [-0.15, -0.1) is 5.10 Å². The molecule has 1 aromatic heterocycles. The lowest BCUT2D eigenvalue weighted by Crippen LogP contribution is -2.34. The van der Waals surface area contributed by atoms with Crippen molar-refractivity contribution in [2.24, 2.45) is 5.10 Å². The maximum atomic E-state index is 12.6. The number of hydrogen-bond donors (Lipinski definition) is 3. The smallest absolute Gasteiger partial charge is 0.342 e. The van der Waals surface area contributed by atoms with Crippen LogP contribution in [-0.2, 0) is 4.79 Å². The Bertz CT molecular complexity index is 1600. The van der Waals surface area contributed by atoms with E-state index in [0.29, 0.717) is 20.8 Å². The minimum atomic E-state index is -0.320. The van der Waals surface area contributed by atoms with Crippen molar-refractivity contribution in [1.29, 1.82) is 0 Å². The molecule has 5 rings (SSSR count). The Balaban J connectivity index is 1.34. The summed E-state index contributed by atoms with van der Waals surface area (Å²) in [6.07, 6.45) is 1.45. The molecule has 7 nitrogen and oxygen atoms in total. The molecule has 0 aliphatic carbocycles. The third-order valence-corrected chi connectivity index (χ3v) is 6.98. The molecular weight excluding hydrogens is 529 g/mol. The van der Waals surface area contributed by atoms with Gasteiger partial charge in [-0.3, -0.25) is 4.79 Å². The Morgan fingerprint density at radius 2 is 1.70 bits per heavy atom. The fourth-order valence-corrected chi connectivity index (χ4v) is 4.79. The average molecular weight is 549 g/mol. The topological polar surface area (TPSA) is 94.3 Å². The molecule has 1 amide bonds. The molecule has 10 heteroatoms. The second-order valence-corrected chi connectivity index (χ2v) is 9.79. The molecule has 5 aromatic rings. The second kappa shape index (κ2) is 11.0. The number of hydrogen-bond acceptors (Lipinski definition) is 5. The molecular formula is C27H20Cl2N5O2S+. The molecule has 0 bridgehead atoms. The van der Waals surface area contributed by atoms with Gasteiger partial charge in [-0.1, -0.05) is 53.5 Å². The highest BCUT2D eigenvalue weighted by atomic mass is 35.5. The predicted octanol–water partition coefficient (Wildman–Crippen LogP) is 5.76. The van der Waals surface area contributed by atoms with Crippen LogP contribution in [0.4, 0.5) is 0 Å². The van der Waals surface area contributed by atoms with Crippen LogP contribution in [0.25, 0.3) is 27.8 Å². The van der Waals surface area contributed by atoms with Gasteiger partial charge in [0, 0.05) is 15.6 Å². The zero-order chi connectivity index (χ0) is 25.8. The van der Waals surface area contributed by atoms with E-state index in [2.05, 4.69) is 20.7 Å². The summed E-state index contributed by atoms with van der Waals surface area (Å²) >= 11 is 13.4. The van der Waals surface area contributed by atoms with Gasteiger partial charge >= 0.3 is 5.16 Å². The molecule has 0 unspecified atom stereocenters. The number of hydrazone groups is 1. The Kier molecular flexibility index (Phi) is 7.41. The number of fused-ring (bicyclic) bond motifs is 1. The van der Waals surface area contributed by atoms with Crippen LogP contribution in [0, 0.1) is 0 Å². The van der Waals surface area contributed by atoms with E-state index in [1.54, 1.807) is 30.3 Å².